The van der Waals surface area contributed by atoms with Crippen molar-refractivity contribution in [2.45, 2.75) is 123 Å². The Balaban J connectivity index is 1.96. The van der Waals surface area contributed by atoms with Crippen LogP contribution in [-0.2, 0) is 49.7 Å². The minimum absolute atomic E-state index is 0.106. The van der Waals surface area contributed by atoms with E-state index in [1.54, 1.807) is 45.0 Å². The van der Waals surface area contributed by atoms with Gasteiger partial charge in [-0.1, -0.05) is 32.0 Å². The van der Waals surface area contributed by atoms with Gasteiger partial charge in [-0.25, -0.2) is 5.09 Å². The van der Waals surface area contributed by atoms with E-state index in [-0.39, 0.29) is 37.1 Å². The zero-order chi connectivity index (χ0) is 32.7. The molecule has 1 aromatic carbocycles. The van der Waals surface area contributed by atoms with Gasteiger partial charge in [0.25, 0.3) is 0 Å². The zero-order valence-corrected chi connectivity index (χ0v) is 28.6. The third-order valence-electron chi connectivity index (χ3n) is 7.40. The minimum atomic E-state index is -3.40. The summed E-state index contributed by atoms with van der Waals surface area (Å²) >= 11 is 5.92. The molecule has 0 aromatic heterocycles. The molecular weight excluding hydrogens is 607 g/mol. The summed E-state index contributed by atoms with van der Waals surface area (Å²) < 4.78 is 37.6. The van der Waals surface area contributed by atoms with Gasteiger partial charge in [-0.15, -0.1) is 0 Å². The maximum Gasteiger partial charge on any atom is 0.323 e. The van der Waals surface area contributed by atoms with E-state index in [0.717, 1.165) is 6.42 Å². The number of benzene rings is 1. The predicted molar refractivity (Wildman–Crippen MR) is 169 cm³/mol. The van der Waals surface area contributed by atoms with E-state index in [9.17, 15) is 14.4 Å². The molecule has 1 aromatic rings. The molecule has 0 bridgehead atoms. The molecule has 0 radical (unpaired) electrons. The molecule has 0 aliphatic carbocycles. The summed E-state index contributed by atoms with van der Waals surface area (Å²) in [6.07, 6.45) is 0.900. The predicted octanol–water partition coefficient (Wildman–Crippen LogP) is 5.03. The largest absolute Gasteiger partial charge is 0.462 e. The van der Waals surface area contributed by atoms with Crippen molar-refractivity contribution in [3.05, 3.63) is 42.6 Å². The van der Waals surface area contributed by atoms with Crippen LogP contribution in [0.1, 0.15) is 74.7 Å². The normalized spacial score (nSPS) is 27.2. The van der Waals surface area contributed by atoms with Crippen molar-refractivity contribution >= 4 is 36.1 Å². The average Bonchev–Trinajstić information content (AvgIpc) is 3.22. The highest BCUT2D eigenvalue weighted by Crippen LogP contribution is 2.48. The lowest BCUT2D eigenvalue weighted by molar-refractivity contribution is -0.194. The first kappa shape index (κ1) is 36.3. The van der Waals surface area contributed by atoms with E-state index in [2.05, 4.69) is 5.09 Å². The van der Waals surface area contributed by atoms with E-state index >= 15 is 0 Å². The molecule has 44 heavy (non-hydrogen) atoms. The van der Waals surface area contributed by atoms with Crippen LogP contribution >= 0.6 is 6.64 Å². The van der Waals surface area contributed by atoms with Crippen LogP contribution in [0.2, 0.25) is 0 Å². The van der Waals surface area contributed by atoms with Gasteiger partial charge in [-0.3, -0.25) is 19.3 Å². The molecule has 0 saturated carbocycles. The van der Waals surface area contributed by atoms with Gasteiger partial charge in [0.05, 0.1) is 31.3 Å². The molecule has 1 N–H and O–H groups in total. The van der Waals surface area contributed by atoms with Crippen LogP contribution in [0.5, 0.6) is 5.75 Å². The Kier molecular flexibility index (Phi) is 13.1. The Hall–Kier alpha value is -2.18. The fourth-order valence-corrected chi connectivity index (χ4v) is 7.24. The molecule has 13 heteroatoms. The molecule has 2 aliphatic heterocycles. The Labute approximate surface area is 266 Å². The van der Waals surface area contributed by atoms with E-state index in [0.29, 0.717) is 12.2 Å². The minimum Gasteiger partial charge on any atom is -0.462 e. The van der Waals surface area contributed by atoms with Crippen molar-refractivity contribution in [2.75, 3.05) is 6.61 Å². The van der Waals surface area contributed by atoms with Crippen LogP contribution in [0.25, 0.3) is 0 Å². The van der Waals surface area contributed by atoms with Gasteiger partial charge in [0, 0.05) is 6.20 Å². The van der Waals surface area contributed by atoms with Gasteiger partial charge in [-0.05, 0) is 84.4 Å². The number of hydrogen-bond acceptors (Lipinski definition) is 10. The van der Waals surface area contributed by atoms with Crippen LogP contribution in [0.3, 0.4) is 0 Å². The Morgan fingerprint density at radius 1 is 1.11 bits per heavy atom. The molecule has 2 aliphatic rings. The second-order valence-electron chi connectivity index (χ2n) is 11.6. The maximum atomic E-state index is 13.1. The van der Waals surface area contributed by atoms with Crippen LogP contribution < -0.4 is 9.61 Å². The van der Waals surface area contributed by atoms with Gasteiger partial charge in [0.2, 0.25) is 5.91 Å². The van der Waals surface area contributed by atoms with Gasteiger partial charge in [0.1, 0.15) is 29.6 Å². The summed E-state index contributed by atoms with van der Waals surface area (Å²) in [4.78, 5) is 39.1. The number of ether oxygens (including phenoxy) is 4. The summed E-state index contributed by atoms with van der Waals surface area (Å²) in [6.45, 7) is 11.4. The molecule has 1 amide bonds. The van der Waals surface area contributed by atoms with Crippen LogP contribution in [0.4, 0.5) is 0 Å². The number of ketones is 1. The van der Waals surface area contributed by atoms with Gasteiger partial charge in [-0.2, -0.15) is 0 Å². The maximum absolute atomic E-state index is 13.1. The molecule has 11 nitrogen and oxygen atoms in total. The molecular formula is C31H47N2O9PS. The standard InChI is InChI=1S/C31H47N2O9PS/c1-9-21(5)39-28-26(40-30(31(28,8)41-22(6)10-2)33-17-16-24(34)18-27(33)35)19-37-43(44,42-25-14-12-11-13-15-25)32-23(7)29(36)38-20(3)4/h11-17,20-23,26,28,30H,9-10,18-19H2,1-8H3,(H,32,44)/t21?,22?,23?,26-,28-,30-,31-,43?/m1/s1. The first-order chi connectivity index (χ1) is 20.7. The van der Waals surface area contributed by atoms with Crippen molar-refractivity contribution in [1.29, 1.82) is 0 Å². The topological polar surface area (TPSA) is 122 Å². The van der Waals surface area contributed by atoms with Crippen LogP contribution in [-0.4, -0.2) is 77.6 Å². The van der Waals surface area contributed by atoms with Crippen LogP contribution in [0.15, 0.2) is 42.6 Å². The number of hydrogen-bond donors (Lipinski definition) is 1. The summed E-state index contributed by atoms with van der Waals surface area (Å²) in [6, 6.07) is 8.11. The lowest BCUT2D eigenvalue weighted by Crippen LogP contribution is -2.57. The molecule has 1 fully saturated rings. The number of para-hydroxylation sites is 1. The number of allylic oxidation sites excluding steroid dienone is 1. The smallest absolute Gasteiger partial charge is 0.323 e. The fraction of sp³-hybridized carbons (Fsp3) is 0.645. The van der Waals surface area contributed by atoms with Gasteiger partial charge < -0.3 is 28.0 Å². The first-order valence-electron chi connectivity index (χ1n) is 15.2. The Morgan fingerprint density at radius 2 is 1.77 bits per heavy atom. The zero-order valence-electron chi connectivity index (χ0n) is 26.9. The molecule has 4 unspecified atom stereocenters. The number of rotatable bonds is 16. The highest BCUT2D eigenvalue weighted by molar-refractivity contribution is 8.09. The molecule has 1 saturated heterocycles. The first-order valence-corrected chi connectivity index (χ1v) is 17.8. The third-order valence-corrected chi connectivity index (χ3v) is 9.90. The summed E-state index contributed by atoms with van der Waals surface area (Å²) in [5.74, 6) is -0.716. The second-order valence-corrected chi connectivity index (χ2v) is 14.8. The summed E-state index contributed by atoms with van der Waals surface area (Å²) in [7, 11) is 0. The Bertz CT molecular complexity index is 1220. The quantitative estimate of drug-likeness (QED) is 0.147. The molecule has 3 rings (SSSR count). The number of nitrogens with zero attached hydrogens (tertiary/aromatic N) is 1. The Morgan fingerprint density at radius 3 is 2.36 bits per heavy atom. The second kappa shape index (κ2) is 15.9. The summed E-state index contributed by atoms with van der Waals surface area (Å²) in [5, 5.41) is 3.05. The average molecular weight is 655 g/mol. The van der Waals surface area contributed by atoms with Crippen molar-refractivity contribution in [3.63, 3.8) is 0 Å². The lowest BCUT2D eigenvalue weighted by atomic mass is 9.93. The van der Waals surface area contributed by atoms with Crippen LogP contribution in [0, 0.1) is 0 Å². The number of amides is 1. The van der Waals surface area contributed by atoms with E-state index in [4.69, 9.17) is 39.8 Å². The van der Waals surface area contributed by atoms with Crippen molar-refractivity contribution in [1.82, 2.24) is 9.99 Å². The third kappa shape index (κ3) is 9.42. The van der Waals surface area contributed by atoms with E-state index in [1.165, 1.54) is 17.2 Å². The summed E-state index contributed by atoms with van der Waals surface area (Å²) in [5.41, 5.74) is -1.14. The number of esters is 1. The molecule has 246 valence electrons. The van der Waals surface area contributed by atoms with Crippen molar-refractivity contribution in [3.8, 4) is 5.75 Å². The van der Waals surface area contributed by atoms with E-state index in [1.807, 2.05) is 40.7 Å². The highest BCUT2D eigenvalue weighted by atomic mass is 32.5. The molecule has 0 spiro atoms. The SMILES string of the molecule is CCC(C)O[C@@H]1[C@@H](COP(=S)(NC(C)C(=O)OC(C)C)Oc2ccccc2)O[C@@H](N2C=CC(=O)CC2=O)[C@]1(C)OC(C)CC. The number of carbonyl (C=O) groups excluding carboxylic acids is 3. The highest BCUT2D eigenvalue weighted by Gasteiger charge is 2.59. The number of carbonyl (C=O) groups is 3. The van der Waals surface area contributed by atoms with Crippen molar-refractivity contribution < 1.29 is 42.4 Å². The van der Waals surface area contributed by atoms with E-state index < -0.39 is 48.6 Å². The molecule has 2 heterocycles. The van der Waals surface area contributed by atoms with Gasteiger partial charge >= 0.3 is 12.6 Å². The molecule has 8 atom stereocenters. The lowest BCUT2D eigenvalue weighted by Gasteiger charge is -2.41. The number of nitrogens with one attached hydrogen (secondary N) is 1. The monoisotopic (exact) mass is 654 g/mol. The van der Waals surface area contributed by atoms with Crippen molar-refractivity contribution in [2.24, 2.45) is 0 Å². The fourth-order valence-electron chi connectivity index (χ4n) is 4.82. The van der Waals surface area contributed by atoms with Gasteiger partial charge in [0.15, 0.2) is 12.0 Å².